The third kappa shape index (κ3) is 3.64. The Morgan fingerprint density at radius 3 is 2.62 bits per heavy atom. The van der Waals surface area contributed by atoms with Crippen LogP contribution < -0.4 is 5.32 Å². The topological polar surface area (TPSA) is 29.1 Å². The van der Waals surface area contributed by atoms with Crippen LogP contribution in [0.1, 0.15) is 11.1 Å². The van der Waals surface area contributed by atoms with Crippen LogP contribution in [0.5, 0.6) is 0 Å². The van der Waals surface area contributed by atoms with Gasteiger partial charge in [-0.2, -0.15) is 0 Å². The number of anilines is 1. The lowest BCUT2D eigenvalue weighted by atomic mass is 10.1. The number of halogens is 4. The number of carbonyl (C=O) groups excluding carboxylic acids is 1. The Labute approximate surface area is 128 Å². The second-order valence-electron chi connectivity index (χ2n) is 4.52. The molecule has 0 saturated heterocycles. The third-order valence-electron chi connectivity index (χ3n) is 2.92. The van der Waals surface area contributed by atoms with Gasteiger partial charge in [0.15, 0.2) is 11.6 Å². The molecular formula is C15H11BrF3NO. The van der Waals surface area contributed by atoms with Gasteiger partial charge in [0.1, 0.15) is 5.82 Å². The summed E-state index contributed by atoms with van der Waals surface area (Å²) in [6.45, 7) is 1.70. The summed E-state index contributed by atoms with van der Waals surface area (Å²) in [5, 5.41) is 2.48. The van der Waals surface area contributed by atoms with Crippen LogP contribution in [0.2, 0.25) is 0 Å². The van der Waals surface area contributed by atoms with Crippen LogP contribution in [-0.4, -0.2) is 5.91 Å². The molecule has 2 aromatic rings. The minimum absolute atomic E-state index is 0.0530. The van der Waals surface area contributed by atoms with Crippen LogP contribution in [0.15, 0.2) is 34.8 Å². The second-order valence-corrected chi connectivity index (χ2v) is 5.37. The highest BCUT2D eigenvalue weighted by Crippen LogP contribution is 2.24. The highest BCUT2D eigenvalue weighted by molar-refractivity contribution is 9.10. The molecule has 0 aliphatic rings. The molecule has 0 saturated carbocycles. The Balaban J connectivity index is 2.16. The zero-order valence-electron chi connectivity index (χ0n) is 11.0. The first kappa shape index (κ1) is 15.6. The van der Waals surface area contributed by atoms with E-state index in [2.05, 4.69) is 21.2 Å². The van der Waals surface area contributed by atoms with Crippen LogP contribution in [-0.2, 0) is 11.2 Å². The molecule has 2 rings (SSSR count). The molecule has 1 amide bonds. The predicted octanol–water partition coefficient (Wildman–Crippen LogP) is 4.36. The summed E-state index contributed by atoms with van der Waals surface area (Å²) >= 11 is 3.04. The Morgan fingerprint density at radius 2 is 1.90 bits per heavy atom. The predicted molar refractivity (Wildman–Crippen MR) is 77.5 cm³/mol. The van der Waals surface area contributed by atoms with E-state index < -0.39 is 23.4 Å². The molecule has 0 aliphatic carbocycles. The normalized spacial score (nSPS) is 10.5. The summed E-state index contributed by atoms with van der Waals surface area (Å²) in [5.41, 5.74) is 0.886. The molecule has 0 bridgehead atoms. The van der Waals surface area contributed by atoms with Crippen molar-refractivity contribution in [1.29, 1.82) is 0 Å². The van der Waals surface area contributed by atoms with Crippen molar-refractivity contribution in [2.45, 2.75) is 13.3 Å². The van der Waals surface area contributed by atoms with Gasteiger partial charge >= 0.3 is 0 Å². The zero-order chi connectivity index (χ0) is 15.6. The maximum Gasteiger partial charge on any atom is 0.228 e. The highest BCUT2D eigenvalue weighted by atomic mass is 79.9. The van der Waals surface area contributed by atoms with Crippen LogP contribution >= 0.6 is 15.9 Å². The first-order valence-electron chi connectivity index (χ1n) is 6.07. The lowest BCUT2D eigenvalue weighted by Gasteiger charge is -2.10. The molecule has 0 fully saturated rings. The first-order valence-corrected chi connectivity index (χ1v) is 6.86. The van der Waals surface area contributed by atoms with Crippen molar-refractivity contribution in [2.75, 3.05) is 5.32 Å². The Morgan fingerprint density at radius 1 is 1.19 bits per heavy atom. The van der Waals surface area contributed by atoms with E-state index in [9.17, 15) is 18.0 Å². The van der Waals surface area contributed by atoms with Crippen LogP contribution in [0.25, 0.3) is 0 Å². The van der Waals surface area contributed by atoms with E-state index in [0.717, 1.165) is 6.07 Å². The largest absolute Gasteiger partial charge is 0.325 e. The average molecular weight is 358 g/mol. The van der Waals surface area contributed by atoms with Gasteiger partial charge in [-0.1, -0.05) is 12.1 Å². The molecule has 2 nitrogen and oxygen atoms in total. The van der Waals surface area contributed by atoms with Crippen LogP contribution in [0.3, 0.4) is 0 Å². The summed E-state index contributed by atoms with van der Waals surface area (Å²) in [6.07, 6.45) is -0.333. The van der Waals surface area contributed by atoms with Gasteiger partial charge in [-0.05, 0) is 46.6 Å². The molecular weight excluding hydrogens is 347 g/mol. The molecule has 0 atom stereocenters. The molecule has 0 aromatic heterocycles. The molecule has 0 unspecified atom stereocenters. The molecule has 0 heterocycles. The van der Waals surface area contributed by atoms with Crippen molar-refractivity contribution in [3.63, 3.8) is 0 Å². The summed E-state index contributed by atoms with van der Waals surface area (Å²) in [6, 6.07) is 6.32. The number of amides is 1. The van der Waals surface area contributed by atoms with E-state index in [0.29, 0.717) is 5.56 Å². The molecule has 110 valence electrons. The monoisotopic (exact) mass is 357 g/mol. The van der Waals surface area contributed by atoms with Gasteiger partial charge in [0.25, 0.3) is 0 Å². The number of nitrogens with one attached hydrogen (secondary N) is 1. The standard InChI is InChI=1S/C15H11BrF3NO/c1-8-5-10(16)12(18)7-13(8)20-14(21)6-9-3-2-4-11(17)15(9)19/h2-5,7H,6H2,1H3,(H,20,21). The van der Waals surface area contributed by atoms with E-state index in [1.807, 2.05) is 0 Å². The number of benzene rings is 2. The summed E-state index contributed by atoms with van der Waals surface area (Å²) < 4.78 is 40.3. The molecule has 1 N–H and O–H groups in total. The van der Waals surface area contributed by atoms with Crippen molar-refractivity contribution in [3.05, 3.63) is 63.4 Å². The van der Waals surface area contributed by atoms with Crippen molar-refractivity contribution in [1.82, 2.24) is 0 Å². The fourth-order valence-electron chi connectivity index (χ4n) is 1.83. The molecule has 0 spiro atoms. The van der Waals surface area contributed by atoms with Gasteiger partial charge in [0.2, 0.25) is 5.91 Å². The van der Waals surface area contributed by atoms with Gasteiger partial charge < -0.3 is 5.32 Å². The van der Waals surface area contributed by atoms with E-state index in [-0.39, 0.29) is 22.1 Å². The number of rotatable bonds is 3. The number of hydrogen-bond donors (Lipinski definition) is 1. The Kier molecular flexibility index (Phi) is 4.67. The minimum atomic E-state index is -1.05. The molecule has 6 heteroatoms. The number of aryl methyl sites for hydroxylation is 1. The maximum absolute atomic E-state index is 13.5. The third-order valence-corrected chi connectivity index (χ3v) is 3.53. The first-order chi connectivity index (χ1) is 9.88. The van der Waals surface area contributed by atoms with E-state index in [1.165, 1.54) is 24.3 Å². The zero-order valence-corrected chi connectivity index (χ0v) is 12.6. The van der Waals surface area contributed by atoms with Crippen molar-refractivity contribution < 1.29 is 18.0 Å². The number of carbonyl (C=O) groups is 1. The van der Waals surface area contributed by atoms with E-state index >= 15 is 0 Å². The minimum Gasteiger partial charge on any atom is -0.325 e. The fourth-order valence-corrected chi connectivity index (χ4v) is 2.29. The van der Waals surface area contributed by atoms with Gasteiger partial charge in [0.05, 0.1) is 10.9 Å². The van der Waals surface area contributed by atoms with Gasteiger partial charge in [-0.3, -0.25) is 4.79 Å². The van der Waals surface area contributed by atoms with Crippen molar-refractivity contribution in [2.24, 2.45) is 0 Å². The average Bonchev–Trinajstić information content (AvgIpc) is 2.41. The summed E-state index contributed by atoms with van der Waals surface area (Å²) in [4.78, 5) is 11.9. The maximum atomic E-state index is 13.5. The molecule has 0 aliphatic heterocycles. The Hall–Kier alpha value is -1.82. The van der Waals surface area contributed by atoms with Gasteiger partial charge in [-0.15, -0.1) is 0 Å². The molecule has 2 aromatic carbocycles. The molecule has 0 radical (unpaired) electrons. The van der Waals surface area contributed by atoms with Crippen LogP contribution in [0, 0.1) is 24.4 Å². The lowest BCUT2D eigenvalue weighted by Crippen LogP contribution is -2.16. The van der Waals surface area contributed by atoms with Gasteiger partial charge in [0, 0.05) is 11.3 Å². The highest BCUT2D eigenvalue weighted by Gasteiger charge is 2.13. The van der Waals surface area contributed by atoms with Crippen LogP contribution in [0.4, 0.5) is 18.9 Å². The fraction of sp³-hybridized carbons (Fsp3) is 0.133. The molecule has 21 heavy (non-hydrogen) atoms. The number of hydrogen-bond acceptors (Lipinski definition) is 1. The van der Waals surface area contributed by atoms with Gasteiger partial charge in [-0.25, -0.2) is 13.2 Å². The second kappa shape index (κ2) is 6.30. The van der Waals surface area contributed by atoms with E-state index in [4.69, 9.17) is 0 Å². The smallest absolute Gasteiger partial charge is 0.228 e. The Bertz CT molecular complexity index is 704. The van der Waals surface area contributed by atoms with E-state index in [1.54, 1.807) is 6.92 Å². The summed E-state index contributed by atoms with van der Waals surface area (Å²) in [7, 11) is 0. The van der Waals surface area contributed by atoms with Crippen molar-refractivity contribution in [3.8, 4) is 0 Å². The quantitative estimate of drug-likeness (QED) is 0.868. The van der Waals surface area contributed by atoms with Crippen molar-refractivity contribution >= 4 is 27.5 Å². The summed E-state index contributed by atoms with van der Waals surface area (Å²) in [5.74, 6) is -3.13. The lowest BCUT2D eigenvalue weighted by molar-refractivity contribution is -0.115. The SMILES string of the molecule is Cc1cc(Br)c(F)cc1NC(=O)Cc1cccc(F)c1F.